The molecular formula is C18H24N6. The molecule has 0 unspecified atom stereocenters. The van der Waals surface area contributed by atoms with Gasteiger partial charge < -0.3 is 14.7 Å². The highest BCUT2D eigenvalue weighted by Gasteiger charge is 2.20. The Kier molecular flexibility index (Phi) is 4.44. The molecule has 6 heteroatoms. The average Bonchev–Trinajstić information content (AvgIpc) is 2.70. The van der Waals surface area contributed by atoms with Gasteiger partial charge in [-0.1, -0.05) is 18.2 Å². The Balaban J connectivity index is 1.42. The van der Waals surface area contributed by atoms with Gasteiger partial charge >= 0.3 is 0 Å². The lowest BCUT2D eigenvalue weighted by Crippen LogP contribution is -2.47. The van der Waals surface area contributed by atoms with Crippen molar-refractivity contribution in [1.29, 1.82) is 0 Å². The van der Waals surface area contributed by atoms with Crippen LogP contribution in [-0.2, 0) is 0 Å². The van der Waals surface area contributed by atoms with E-state index in [1.165, 1.54) is 24.9 Å². The summed E-state index contributed by atoms with van der Waals surface area (Å²) in [6.07, 6.45) is 5.56. The fourth-order valence-corrected chi connectivity index (χ4v) is 3.50. The Labute approximate surface area is 143 Å². The van der Waals surface area contributed by atoms with Crippen LogP contribution in [0.25, 0.3) is 0 Å². The zero-order chi connectivity index (χ0) is 16.2. The standard InChI is InChI=1S/C18H24N6/c1-3-7-16(8-4-1)22-11-13-23(14-12-22)17-15-19-21-18(20-17)24-9-5-2-6-10-24/h1,3-4,7-8,15H,2,5-6,9-14H2. The predicted octanol–water partition coefficient (Wildman–Crippen LogP) is 2.19. The third kappa shape index (κ3) is 3.27. The molecule has 0 saturated carbocycles. The van der Waals surface area contributed by atoms with Crippen LogP contribution in [0.3, 0.4) is 0 Å². The van der Waals surface area contributed by atoms with Gasteiger partial charge in [-0.3, -0.25) is 0 Å². The number of hydrogen-bond donors (Lipinski definition) is 0. The second-order valence-electron chi connectivity index (χ2n) is 6.47. The predicted molar refractivity (Wildman–Crippen MR) is 96.8 cm³/mol. The van der Waals surface area contributed by atoms with E-state index >= 15 is 0 Å². The van der Waals surface area contributed by atoms with Gasteiger partial charge in [-0.15, -0.1) is 5.10 Å². The molecule has 2 aromatic rings. The number of benzene rings is 1. The van der Waals surface area contributed by atoms with Crippen LogP contribution in [0, 0.1) is 0 Å². The number of hydrogen-bond acceptors (Lipinski definition) is 6. The summed E-state index contributed by atoms with van der Waals surface area (Å²) in [6.45, 7) is 6.04. The Morgan fingerprint density at radius 1 is 0.708 bits per heavy atom. The highest BCUT2D eigenvalue weighted by Crippen LogP contribution is 2.21. The lowest BCUT2D eigenvalue weighted by molar-refractivity contribution is 0.563. The Morgan fingerprint density at radius 3 is 2.17 bits per heavy atom. The van der Waals surface area contributed by atoms with Crippen molar-refractivity contribution in [2.45, 2.75) is 19.3 Å². The third-order valence-corrected chi connectivity index (χ3v) is 4.90. The molecule has 3 heterocycles. The summed E-state index contributed by atoms with van der Waals surface area (Å²) in [7, 11) is 0. The second-order valence-corrected chi connectivity index (χ2v) is 6.47. The first-order valence-corrected chi connectivity index (χ1v) is 8.90. The van der Waals surface area contributed by atoms with Crippen molar-refractivity contribution in [2.75, 3.05) is 54.0 Å². The lowest BCUT2D eigenvalue weighted by atomic mass is 10.1. The number of para-hydroxylation sites is 1. The van der Waals surface area contributed by atoms with Crippen LogP contribution < -0.4 is 14.7 Å². The molecule has 6 nitrogen and oxygen atoms in total. The normalized spacial score (nSPS) is 18.8. The van der Waals surface area contributed by atoms with Crippen molar-refractivity contribution in [2.24, 2.45) is 0 Å². The molecule has 1 aromatic carbocycles. The fourth-order valence-electron chi connectivity index (χ4n) is 3.50. The first kappa shape index (κ1) is 15.2. The van der Waals surface area contributed by atoms with Crippen molar-refractivity contribution in [3.63, 3.8) is 0 Å². The number of anilines is 3. The van der Waals surface area contributed by atoms with Crippen molar-refractivity contribution in [3.05, 3.63) is 36.5 Å². The van der Waals surface area contributed by atoms with Gasteiger partial charge in [-0.2, -0.15) is 10.1 Å². The minimum Gasteiger partial charge on any atom is -0.368 e. The van der Waals surface area contributed by atoms with Gasteiger partial charge in [0.2, 0.25) is 5.95 Å². The van der Waals surface area contributed by atoms with E-state index in [2.05, 4.69) is 55.2 Å². The topological polar surface area (TPSA) is 48.4 Å². The van der Waals surface area contributed by atoms with E-state index in [1.54, 1.807) is 6.20 Å². The number of rotatable bonds is 3. The molecule has 4 rings (SSSR count). The van der Waals surface area contributed by atoms with Crippen LogP contribution in [0.1, 0.15) is 19.3 Å². The maximum Gasteiger partial charge on any atom is 0.247 e. The molecule has 0 spiro atoms. The second kappa shape index (κ2) is 7.03. The first-order valence-electron chi connectivity index (χ1n) is 8.90. The molecule has 1 aromatic heterocycles. The maximum absolute atomic E-state index is 4.78. The molecule has 0 aliphatic carbocycles. The number of aromatic nitrogens is 3. The highest BCUT2D eigenvalue weighted by molar-refractivity contribution is 5.49. The van der Waals surface area contributed by atoms with Crippen LogP contribution >= 0.6 is 0 Å². The largest absolute Gasteiger partial charge is 0.368 e. The molecule has 2 fully saturated rings. The summed E-state index contributed by atoms with van der Waals surface area (Å²) < 4.78 is 0. The summed E-state index contributed by atoms with van der Waals surface area (Å²) in [5.41, 5.74) is 1.30. The van der Waals surface area contributed by atoms with Gasteiger partial charge in [0.25, 0.3) is 0 Å². The number of piperidine rings is 1. The minimum atomic E-state index is 0.790. The summed E-state index contributed by atoms with van der Waals surface area (Å²) in [4.78, 5) is 11.8. The molecule has 0 radical (unpaired) electrons. The van der Waals surface area contributed by atoms with E-state index in [0.717, 1.165) is 51.0 Å². The van der Waals surface area contributed by atoms with Crippen LogP contribution in [-0.4, -0.2) is 54.4 Å². The zero-order valence-corrected chi connectivity index (χ0v) is 14.0. The van der Waals surface area contributed by atoms with Crippen molar-refractivity contribution < 1.29 is 0 Å². The SMILES string of the molecule is c1ccc(N2CCN(c3cnnc(N4CCCCC4)n3)CC2)cc1. The van der Waals surface area contributed by atoms with Crippen LogP contribution in [0.2, 0.25) is 0 Å². The Hall–Kier alpha value is -2.37. The van der Waals surface area contributed by atoms with Crippen molar-refractivity contribution in [1.82, 2.24) is 15.2 Å². The molecule has 0 bridgehead atoms. The molecule has 2 saturated heterocycles. The van der Waals surface area contributed by atoms with Gasteiger partial charge in [0.1, 0.15) is 0 Å². The van der Waals surface area contributed by atoms with Crippen LogP contribution in [0.5, 0.6) is 0 Å². The van der Waals surface area contributed by atoms with E-state index in [0.29, 0.717) is 0 Å². The third-order valence-electron chi connectivity index (χ3n) is 4.90. The Morgan fingerprint density at radius 2 is 1.42 bits per heavy atom. The fraction of sp³-hybridized carbons (Fsp3) is 0.500. The minimum absolute atomic E-state index is 0.790. The average molecular weight is 324 g/mol. The van der Waals surface area contributed by atoms with Gasteiger partial charge in [0.05, 0.1) is 6.20 Å². The van der Waals surface area contributed by atoms with E-state index < -0.39 is 0 Å². The monoisotopic (exact) mass is 324 g/mol. The summed E-state index contributed by atoms with van der Waals surface area (Å²) in [5, 5.41) is 8.45. The molecule has 24 heavy (non-hydrogen) atoms. The molecule has 0 amide bonds. The molecule has 2 aliphatic rings. The molecule has 126 valence electrons. The molecular weight excluding hydrogens is 300 g/mol. The summed E-state index contributed by atoms with van der Waals surface area (Å²) in [5.74, 6) is 1.75. The van der Waals surface area contributed by atoms with E-state index in [9.17, 15) is 0 Å². The van der Waals surface area contributed by atoms with Crippen LogP contribution in [0.15, 0.2) is 36.5 Å². The van der Waals surface area contributed by atoms with Crippen molar-refractivity contribution in [3.8, 4) is 0 Å². The maximum atomic E-state index is 4.78. The smallest absolute Gasteiger partial charge is 0.247 e. The zero-order valence-electron chi connectivity index (χ0n) is 14.0. The molecule has 0 N–H and O–H groups in total. The van der Waals surface area contributed by atoms with Gasteiger partial charge in [-0.25, -0.2) is 0 Å². The molecule has 2 aliphatic heterocycles. The van der Waals surface area contributed by atoms with Gasteiger partial charge in [0, 0.05) is 45.0 Å². The van der Waals surface area contributed by atoms with Crippen LogP contribution in [0.4, 0.5) is 17.5 Å². The van der Waals surface area contributed by atoms with Gasteiger partial charge in [-0.05, 0) is 31.4 Å². The van der Waals surface area contributed by atoms with Gasteiger partial charge in [0.15, 0.2) is 5.82 Å². The lowest BCUT2D eigenvalue weighted by Gasteiger charge is -2.36. The summed E-state index contributed by atoms with van der Waals surface area (Å²) in [6, 6.07) is 10.6. The van der Waals surface area contributed by atoms with E-state index in [1.807, 2.05) is 0 Å². The van der Waals surface area contributed by atoms with E-state index in [-0.39, 0.29) is 0 Å². The quantitative estimate of drug-likeness (QED) is 0.862. The molecule has 0 atom stereocenters. The van der Waals surface area contributed by atoms with Crippen molar-refractivity contribution >= 4 is 17.5 Å². The number of piperazine rings is 1. The number of nitrogens with zero attached hydrogens (tertiary/aromatic N) is 6. The Bertz CT molecular complexity index is 648. The van der Waals surface area contributed by atoms with E-state index in [4.69, 9.17) is 4.98 Å². The summed E-state index contributed by atoms with van der Waals surface area (Å²) >= 11 is 0. The highest BCUT2D eigenvalue weighted by atomic mass is 15.4. The first-order chi connectivity index (χ1) is 11.9.